The number of hydrogen-bond donors (Lipinski definition) is 0. The van der Waals surface area contributed by atoms with Crippen molar-refractivity contribution >= 4 is 94.4 Å². The summed E-state index contributed by atoms with van der Waals surface area (Å²) in [6.45, 7) is 0. The molecule has 0 aliphatic carbocycles. The van der Waals surface area contributed by atoms with E-state index in [2.05, 4.69) is 0 Å². The van der Waals surface area contributed by atoms with E-state index in [9.17, 15) is 0 Å². The van der Waals surface area contributed by atoms with Crippen LogP contribution in [0, 0.1) is 0 Å². The molecule has 0 N–H and O–H groups in total. The Morgan fingerprint density at radius 2 is 1.00 bits per heavy atom. The third-order valence-electron chi connectivity index (χ3n) is 0. The van der Waals surface area contributed by atoms with Gasteiger partial charge in [-0.05, 0) is 0 Å². The van der Waals surface area contributed by atoms with E-state index < -0.39 is 15.8 Å². The van der Waals surface area contributed by atoms with Gasteiger partial charge < -0.3 is 0 Å². The van der Waals surface area contributed by atoms with Gasteiger partial charge in [0.15, 0.2) is 0 Å². The van der Waals surface area contributed by atoms with E-state index in [1.54, 1.807) is 0 Å². The minimum Gasteiger partial charge on any atom is 0 e. The van der Waals surface area contributed by atoms with E-state index in [1.165, 1.54) is 0 Å². The third kappa shape index (κ3) is 27.6. The van der Waals surface area contributed by atoms with Crippen LogP contribution in [0.2, 0.25) is 0 Å². The van der Waals surface area contributed by atoms with Gasteiger partial charge in [0.05, 0.1) is 0 Å². The molecule has 0 rings (SSSR count). The van der Waals surface area contributed by atoms with E-state index in [0.29, 0.717) is 0 Å². The SMILES string of the molecule is [Ba].[O]=[Ru](=[O])=[O].[Sr]. The second-order valence-electron chi connectivity index (χ2n) is 0.177. The van der Waals surface area contributed by atoms with Gasteiger partial charge in [-0.3, -0.25) is 0 Å². The maximum atomic E-state index is 8.56. The molecule has 3 nitrogen and oxygen atoms in total. The van der Waals surface area contributed by atoms with Crippen LogP contribution in [0.1, 0.15) is 0 Å². The van der Waals surface area contributed by atoms with Crippen molar-refractivity contribution in [1.82, 2.24) is 0 Å². The molecule has 30 valence electrons. The number of hydrogen-bond acceptors (Lipinski definition) is 3. The van der Waals surface area contributed by atoms with Crippen LogP contribution in [0.5, 0.6) is 0 Å². The van der Waals surface area contributed by atoms with Gasteiger partial charge >= 0.3 is 26.5 Å². The van der Waals surface area contributed by atoms with Gasteiger partial charge in [0, 0.05) is 94.4 Å². The molecule has 0 aromatic carbocycles. The molecule has 6 heavy (non-hydrogen) atoms. The van der Waals surface area contributed by atoms with Crippen molar-refractivity contribution in [2.24, 2.45) is 0 Å². The Hall–Kier alpha value is 3.08. The Labute approximate surface area is 117 Å². The Morgan fingerprint density at radius 1 is 1.00 bits per heavy atom. The van der Waals surface area contributed by atoms with E-state index in [-0.39, 0.29) is 94.4 Å². The predicted octanol–water partition coefficient (Wildman–Crippen LogP) is -1.12. The molecule has 0 aliphatic rings. The fourth-order valence-electron chi connectivity index (χ4n) is 0. The minimum absolute atomic E-state index is 0. The van der Waals surface area contributed by atoms with Gasteiger partial charge in [-0.1, -0.05) is 0 Å². The van der Waals surface area contributed by atoms with E-state index in [0.717, 1.165) is 0 Å². The molecule has 0 aliphatic heterocycles. The summed E-state index contributed by atoms with van der Waals surface area (Å²) in [6, 6.07) is 0. The summed E-state index contributed by atoms with van der Waals surface area (Å²) < 4.78 is 25.7. The fraction of sp³-hybridized carbons (Fsp3) is 0. The van der Waals surface area contributed by atoms with Crippen molar-refractivity contribution in [2.75, 3.05) is 0 Å². The van der Waals surface area contributed by atoms with E-state index in [4.69, 9.17) is 10.7 Å². The molecular weight excluding hydrogens is 374 g/mol. The van der Waals surface area contributed by atoms with Gasteiger partial charge in [-0.15, -0.1) is 0 Å². The minimum atomic E-state index is -3.92. The summed E-state index contributed by atoms with van der Waals surface area (Å²) in [5.41, 5.74) is 0. The monoisotopic (exact) mass is 376 g/mol. The second kappa shape index (κ2) is 11.0. The van der Waals surface area contributed by atoms with Crippen LogP contribution in [0.25, 0.3) is 0 Å². The van der Waals surface area contributed by atoms with E-state index >= 15 is 0 Å². The molecule has 0 saturated carbocycles. The van der Waals surface area contributed by atoms with Crippen LogP contribution < -0.4 is 0 Å². The summed E-state index contributed by atoms with van der Waals surface area (Å²) >= 11 is -3.92. The molecule has 0 fully saturated rings. The maximum Gasteiger partial charge on any atom is 0 e. The molecule has 0 saturated heterocycles. The summed E-state index contributed by atoms with van der Waals surface area (Å²) in [5.74, 6) is 0. The van der Waals surface area contributed by atoms with Crippen molar-refractivity contribution in [2.45, 2.75) is 0 Å². The Kier molecular flexibility index (Phi) is 29.3. The summed E-state index contributed by atoms with van der Waals surface area (Å²) in [6.07, 6.45) is 0. The molecule has 4 radical (unpaired) electrons. The van der Waals surface area contributed by atoms with Gasteiger partial charge in [-0.25, -0.2) is 0 Å². The largest absolute Gasteiger partial charge is 0 e. The molecule has 0 unspecified atom stereocenters. The fourth-order valence-corrected chi connectivity index (χ4v) is 0. The average molecular weight is 374 g/mol. The number of rotatable bonds is 0. The maximum absolute atomic E-state index is 8.56. The molecule has 0 atom stereocenters. The summed E-state index contributed by atoms with van der Waals surface area (Å²) in [7, 11) is 0. The second-order valence-corrected chi connectivity index (χ2v) is 1.05. The van der Waals surface area contributed by atoms with Crippen molar-refractivity contribution in [3.63, 3.8) is 0 Å². The average Bonchev–Trinajstić information content (AvgIpc) is 0.811. The molecule has 0 aromatic heterocycles. The van der Waals surface area contributed by atoms with Crippen molar-refractivity contribution < 1.29 is 26.5 Å². The quantitative estimate of drug-likeness (QED) is 0.505. The molecule has 0 spiro atoms. The molecule has 0 amide bonds. The first-order valence-electron chi connectivity index (χ1n) is 0.433. The van der Waals surface area contributed by atoms with Gasteiger partial charge in [-0.2, -0.15) is 0 Å². The molecule has 0 aromatic rings. The first-order chi connectivity index (χ1) is 1.73. The van der Waals surface area contributed by atoms with Crippen molar-refractivity contribution in [1.29, 1.82) is 0 Å². The van der Waals surface area contributed by atoms with Crippen LogP contribution in [0.15, 0.2) is 0 Å². The molecular formula is BaO3RuSr. The molecule has 0 bridgehead atoms. The standard InChI is InChI=1S/Ba.3O.Ru.Sr. The van der Waals surface area contributed by atoms with Crippen LogP contribution in [-0.4, -0.2) is 94.4 Å². The Bertz CT molecular complexity index is 80.2. The van der Waals surface area contributed by atoms with Crippen LogP contribution in [0.3, 0.4) is 0 Å². The zero-order valence-electron chi connectivity index (χ0n) is 2.99. The van der Waals surface area contributed by atoms with Crippen LogP contribution in [-0.2, 0) is 26.5 Å². The van der Waals surface area contributed by atoms with E-state index in [1.807, 2.05) is 0 Å². The van der Waals surface area contributed by atoms with Crippen molar-refractivity contribution in [3.05, 3.63) is 0 Å². The zero-order valence-corrected chi connectivity index (χ0v) is 12.6. The van der Waals surface area contributed by atoms with Gasteiger partial charge in [0.25, 0.3) is 0 Å². The first kappa shape index (κ1) is 16.0. The molecule has 0 heterocycles. The Balaban J connectivity index is -0.0000000450. The smallest absolute Gasteiger partial charge is 0 e. The molecule has 6 heteroatoms. The van der Waals surface area contributed by atoms with Crippen molar-refractivity contribution in [3.8, 4) is 0 Å². The van der Waals surface area contributed by atoms with Crippen LogP contribution in [0.4, 0.5) is 0 Å². The predicted molar refractivity (Wildman–Crippen MR) is 13.6 cm³/mol. The normalized spacial score (nSPS) is 5.50. The summed E-state index contributed by atoms with van der Waals surface area (Å²) in [4.78, 5) is 0. The van der Waals surface area contributed by atoms with Crippen LogP contribution >= 0.6 is 0 Å². The zero-order chi connectivity index (χ0) is 3.58. The summed E-state index contributed by atoms with van der Waals surface area (Å²) in [5, 5.41) is 0. The topological polar surface area (TPSA) is 51.2 Å². The van der Waals surface area contributed by atoms with Gasteiger partial charge in [0.2, 0.25) is 0 Å². The first-order valence-corrected chi connectivity index (χ1v) is 2.56. The Morgan fingerprint density at radius 3 is 1.00 bits per heavy atom. The van der Waals surface area contributed by atoms with Gasteiger partial charge in [0.1, 0.15) is 0 Å². The third-order valence-corrected chi connectivity index (χ3v) is 0.